The molecule has 0 radical (unpaired) electrons. The molecule has 0 amide bonds. The molecule has 0 aliphatic carbocycles. The van der Waals surface area contributed by atoms with Crippen molar-refractivity contribution in [2.24, 2.45) is 4.99 Å². The zero-order chi connectivity index (χ0) is 21.4. The minimum atomic E-state index is -0.478. The van der Waals surface area contributed by atoms with Gasteiger partial charge >= 0.3 is 5.97 Å². The van der Waals surface area contributed by atoms with E-state index in [2.05, 4.69) is 4.99 Å². The first-order valence-electron chi connectivity index (χ1n) is 9.88. The quantitative estimate of drug-likeness (QED) is 0.443. The molecule has 0 saturated heterocycles. The zero-order valence-electron chi connectivity index (χ0n) is 17.1. The van der Waals surface area contributed by atoms with Gasteiger partial charge in [-0.3, -0.25) is 0 Å². The Hall–Kier alpha value is -4.12. The first kappa shape index (κ1) is 18.9. The van der Waals surface area contributed by atoms with Gasteiger partial charge in [-0.05, 0) is 61.5 Å². The summed E-state index contributed by atoms with van der Waals surface area (Å²) in [6, 6.07) is 22.8. The SMILES string of the molecule is COc1ccc(C2=C/C(=C3\N=C(c4ccccc4)OC3=O)c3cc(C)ccc3O2)cc1. The van der Waals surface area contributed by atoms with Crippen molar-refractivity contribution in [3.05, 3.63) is 107 Å². The molecule has 0 atom stereocenters. The highest BCUT2D eigenvalue weighted by atomic mass is 16.6. The van der Waals surface area contributed by atoms with Crippen LogP contribution in [0.1, 0.15) is 22.3 Å². The molecule has 0 unspecified atom stereocenters. The highest BCUT2D eigenvalue weighted by molar-refractivity contribution is 6.15. The van der Waals surface area contributed by atoms with E-state index in [9.17, 15) is 4.79 Å². The Balaban J connectivity index is 1.67. The summed E-state index contributed by atoms with van der Waals surface area (Å²) in [5.74, 6) is 1.86. The van der Waals surface area contributed by atoms with Gasteiger partial charge in [-0.15, -0.1) is 0 Å². The van der Waals surface area contributed by atoms with Crippen molar-refractivity contribution in [3.63, 3.8) is 0 Å². The van der Waals surface area contributed by atoms with E-state index < -0.39 is 5.97 Å². The van der Waals surface area contributed by atoms with Crippen LogP contribution in [-0.2, 0) is 9.53 Å². The maximum absolute atomic E-state index is 12.8. The summed E-state index contributed by atoms with van der Waals surface area (Å²) in [7, 11) is 1.63. The Morgan fingerprint density at radius 2 is 1.65 bits per heavy atom. The zero-order valence-corrected chi connectivity index (χ0v) is 17.1. The van der Waals surface area contributed by atoms with Crippen molar-refractivity contribution in [1.82, 2.24) is 0 Å². The lowest BCUT2D eigenvalue weighted by Gasteiger charge is -2.21. The molecule has 0 N–H and O–H groups in total. The predicted octanol–water partition coefficient (Wildman–Crippen LogP) is 5.15. The van der Waals surface area contributed by atoms with E-state index in [4.69, 9.17) is 14.2 Å². The van der Waals surface area contributed by atoms with Crippen LogP contribution in [-0.4, -0.2) is 19.0 Å². The first-order valence-corrected chi connectivity index (χ1v) is 9.88. The maximum atomic E-state index is 12.8. The van der Waals surface area contributed by atoms with Gasteiger partial charge in [-0.25, -0.2) is 9.79 Å². The van der Waals surface area contributed by atoms with Crippen LogP contribution in [0.15, 0.2) is 89.6 Å². The van der Waals surface area contributed by atoms with E-state index in [1.165, 1.54) is 0 Å². The summed E-state index contributed by atoms with van der Waals surface area (Å²) in [6.07, 6.45) is 1.84. The highest BCUT2D eigenvalue weighted by Crippen LogP contribution is 2.40. The molecule has 0 fully saturated rings. The molecular weight excluding hydrogens is 390 g/mol. The van der Waals surface area contributed by atoms with Crippen LogP contribution < -0.4 is 9.47 Å². The molecule has 2 aliphatic heterocycles. The number of cyclic esters (lactones) is 1. The fourth-order valence-electron chi connectivity index (χ4n) is 3.57. The van der Waals surface area contributed by atoms with Crippen LogP contribution >= 0.6 is 0 Å². The van der Waals surface area contributed by atoms with Gasteiger partial charge in [0.25, 0.3) is 0 Å². The molecular formula is C26H19NO4. The van der Waals surface area contributed by atoms with Crippen molar-refractivity contribution in [2.45, 2.75) is 6.92 Å². The Labute approximate surface area is 179 Å². The molecule has 0 bridgehead atoms. The normalized spacial score (nSPS) is 17.3. The Morgan fingerprint density at radius 3 is 2.39 bits per heavy atom. The highest BCUT2D eigenvalue weighted by Gasteiger charge is 2.30. The van der Waals surface area contributed by atoms with Gasteiger partial charge in [0, 0.05) is 22.3 Å². The van der Waals surface area contributed by atoms with Crippen LogP contribution in [0.5, 0.6) is 11.5 Å². The van der Waals surface area contributed by atoms with Gasteiger partial charge in [0.15, 0.2) is 5.70 Å². The molecule has 2 aliphatic rings. The number of aryl methyl sites for hydroxylation is 1. The summed E-state index contributed by atoms with van der Waals surface area (Å²) in [4.78, 5) is 17.3. The van der Waals surface area contributed by atoms with Gasteiger partial charge in [0.1, 0.15) is 17.3 Å². The third-order valence-electron chi connectivity index (χ3n) is 5.17. The number of rotatable bonds is 3. The summed E-state index contributed by atoms with van der Waals surface area (Å²) < 4.78 is 16.9. The lowest BCUT2D eigenvalue weighted by atomic mass is 9.96. The van der Waals surface area contributed by atoms with E-state index in [-0.39, 0.29) is 5.70 Å². The second-order valence-corrected chi connectivity index (χ2v) is 7.27. The smallest absolute Gasteiger partial charge is 0.364 e. The molecule has 0 saturated carbocycles. The van der Waals surface area contributed by atoms with Crippen LogP contribution in [0, 0.1) is 6.92 Å². The lowest BCUT2D eigenvalue weighted by Crippen LogP contribution is -2.08. The summed E-state index contributed by atoms with van der Waals surface area (Å²) in [5.41, 5.74) is 4.42. The number of carbonyl (C=O) groups excluding carboxylic acids is 1. The van der Waals surface area contributed by atoms with Gasteiger partial charge in [0.2, 0.25) is 5.90 Å². The second-order valence-electron chi connectivity index (χ2n) is 7.27. The van der Waals surface area contributed by atoms with Crippen molar-refractivity contribution >= 4 is 23.2 Å². The molecule has 3 aromatic rings. The van der Waals surface area contributed by atoms with Crippen LogP contribution in [0.25, 0.3) is 11.3 Å². The van der Waals surface area contributed by atoms with E-state index in [1.54, 1.807) is 7.11 Å². The van der Waals surface area contributed by atoms with Crippen molar-refractivity contribution < 1.29 is 19.0 Å². The molecule has 5 heteroatoms. The molecule has 5 nitrogen and oxygen atoms in total. The number of ether oxygens (including phenoxy) is 3. The average molecular weight is 409 g/mol. The summed E-state index contributed by atoms with van der Waals surface area (Å²) >= 11 is 0. The molecule has 2 heterocycles. The maximum Gasteiger partial charge on any atom is 0.364 e. The predicted molar refractivity (Wildman–Crippen MR) is 119 cm³/mol. The number of aliphatic imine (C=N–C) groups is 1. The molecule has 5 rings (SSSR count). The molecule has 0 spiro atoms. The molecule has 0 aromatic heterocycles. The van der Waals surface area contributed by atoms with E-state index in [0.717, 1.165) is 28.0 Å². The minimum Gasteiger partial charge on any atom is -0.497 e. The number of esters is 1. The van der Waals surface area contributed by atoms with Crippen LogP contribution in [0.2, 0.25) is 0 Å². The molecule has 3 aromatic carbocycles. The standard InChI is InChI=1S/C26H19NO4/c1-16-8-13-22-20(14-16)21(15-23(30-22)17-9-11-19(29-2)12-10-17)24-26(28)31-25(27-24)18-6-4-3-5-7-18/h3-15H,1-2H3/b24-21+. The summed E-state index contributed by atoms with van der Waals surface area (Å²) in [6.45, 7) is 2.00. The largest absolute Gasteiger partial charge is 0.497 e. The first-order chi connectivity index (χ1) is 15.1. The molecule has 152 valence electrons. The Kier molecular flexibility index (Phi) is 4.64. The monoisotopic (exact) mass is 409 g/mol. The van der Waals surface area contributed by atoms with Crippen LogP contribution in [0.4, 0.5) is 0 Å². The minimum absolute atomic E-state index is 0.264. The summed E-state index contributed by atoms with van der Waals surface area (Å²) in [5, 5.41) is 0. The van der Waals surface area contributed by atoms with Crippen LogP contribution in [0.3, 0.4) is 0 Å². The number of fused-ring (bicyclic) bond motifs is 1. The third kappa shape index (κ3) is 3.51. The number of nitrogens with zero attached hydrogens (tertiary/aromatic N) is 1. The fourth-order valence-corrected chi connectivity index (χ4v) is 3.57. The fraction of sp³-hybridized carbons (Fsp3) is 0.0769. The lowest BCUT2D eigenvalue weighted by molar-refractivity contribution is -0.129. The van der Waals surface area contributed by atoms with E-state index >= 15 is 0 Å². The van der Waals surface area contributed by atoms with Crippen molar-refractivity contribution in [2.75, 3.05) is 7.11 Å². The number of hydrogen-bond donors (Lipinski definition) is 0. The second kappa shape index (κ2) is 7.61. The third-order valence-corrected chi connectivity index (χ3v) is 5.17. The average Bonchev–Trinajstić information content (AvgIpc) is 3.20. The van der Waals surface area contributed by atoms with E-state index in [0.29, 0.717) is 23.0 Å². The van der Waals surface area contributed by atoms with Gasteiger partial charge < -0.3 is 14.2 Å². The number of methoxy groups -OCH3 is 1. The topological polar surface area (TPSA) is 57.1 Å². The van der Waals surface area contributed by atoms with Gasteiger partial charge in [0.05, 0.1) is 7.11 Å². The number of allylic oxidation sites excluding steroid dienone is 2. The van der Waals surface area contributed by atoms with E-state index in [1.807, 2.05) is 85.8 Å². The number of hydrogen-bond acceptors (Lipinski definition) is 5. The Morgan fingerprint density at radius 1 is 0.871 bits per heavy atom. The number of benzene rings is 3. The van der Waals surface area contributed by atoms with Crippen molar-refractivity contribution in [3.8, 4) is 11.5 Å². The van der Waals surface area contributed by atoms with Gasteiger partial charge in [-0.2, -0.15) is 0 Å². The molecule has 31 heavy (non-hydrogen) atoms. The van der Waals surface area contributed by atoms with Crippen molar-refractivity contribution in [1.29, 1.82) is 0 Å². The van der Waals surface area contributed by atoms with Gasteiger partial charge in [-0.1, -0.05) is 29.8 Å². The number of carbonyl (C=O) groups is 1. The Bertz CT molecular complexity index is 1270.